The molecule has 2 N–H and O–H groups in total. The van der Waals surface area contributed by atoms with E-state index in [0.29, 0.717) is 10.9 Å². The fourth-order valence-electron chi connectivity index (χ4n) is 1.91. The van der Waals surface area contributed by atoms with Crippen LogP contribution in [0.4, 0.5) is 16.5 Å². The highest BCUT2D eigenvalue weighted by Crippen LogP contribution is 2.20. The van der Waals surface area contributed by atoms with Gasteiger partial charge in [-0.2, -0.15) is 0 Å². The summed E-state index contributed by atoms with van der Waals surface area (Å²) < 4.78 is 5.46. The first-order valence-electron chi connectivity index (χ1n) is 7.04. The molecule has 2 aromatic carbocycles. The quantitative estimate of drug-likeness (QED) is 0.721. The van der Waals surface area contributed by atoms with E-state index >= 15 is 0 Å². The average Bonchev–Trinajstić information content (AvgIpc) is 3.08. The Morgan fingerprint density at radius 1 is 1.04 bits per heavy atom. The van der Waals surface area contributed by atoms with Crippen LogP contribution in [0.15, 0.2) is 66.2 Å². The molecular weight excluding hydrogens is 310 g/mol. The van der Waals surface area contributed by atoms with Gasteiger partial charge in [-0.1, -0.05) is 18.2 Å². The van der Waals surface area contributed by atoms with Gasteiger partial charge in [-0.15, -0.1) is 11.3 Å². The van der Waals surface area contributed by atoms with Crippen LogP contribution in [0.1, 0.15) is 0 Å². The Balaban J connectivity index is 1.50. The van der Waals surface area contributed by atoms with Crippen molar-refractivity contribution < 1.29 is 9.53 Å². The number of nitrogens with one attached hydrogen (secondary N) is 2. The van der Waals surface area contributed by atoms with Crippen LogP contribution in [0.3, 0.4) is 0 Å². The molecular formula is C17H15N3O2S. The molecule has 0 radical (unpaired) electrons. The van der Waals surface area contributed by atoms with Crippen LogP contribution in [0.2, 0.25) is 0 Å². The second-order valence-electron chi connectivity index (χ2n) is 4.69. The summed E-state index contributed by atoms with van der Waals surface area (Å²) >= 11 is 1.37. The Labute approximate surface area is 138 Å². The maximum absolute atomic E-state index is 11.7. The number of hydrogen-bond donors (Lipinski definition) is 2. The van der Waals surface area contributed by atoms with Gasteiger partial charge >= 0.3 is 0 Å². The first kappa shape index (κ1) is 15.1. The zero-order valence-electron chi connectivity index (χ0n) is 12.2. The lowest BCUT2D eigenvalue weighted by atomic mass is 10.2. The monoisotopic (exact) mass is 325 g/mol. The van der Waals surface area contributed by atoms with E-state index in [2.05, 4.69) is 15.6 Å². The van der Waals surface area contributed by atoms with E-state index in [4.69, 9.17) is 4.74 Å². The van der Waals surface area contributed by atoms with Gasteiger partial charge in [-0.3, -0.25) is 10.1 Å². The van der Waals surface area contributed by atoms with Crippen molar-refractivity contribution in [1.29, 1.82) is 0 Å². The largest absolute Gasteiger partial charge is 0.484 e. The van der Waals surface area contributed by atoms with E-state index < -0.39 is 0 Å². The summed E-state index contributed by atoms with van der Waals surface area (Å²) in [6.45, 7) is -0.0506. The van der Waals surface area contributed by atoms with Gasteiger partial charge in [0.1, 0.15) is 5.75 Å². The van der Waals surface area contributed by atoms with Gasteiger partial charge < -0.3 is 10.1 Å². The van der Waals surface area contributed by atoms with Crippen molar-refractivity contribution in [2.45, 2.75) is 0 Å². The number of nitrogens with zero attached hydrogens (tertiary/aromatic N) is 1. The van der Waals surface area contributed by atoms with E-state index in [1.807, 2.05) is 54.6 Å². The molecule has 0 atom stereocenters. The van der Waals surface area contributed by atoms with Crippen LogP contribution in [-0.2, 0) is 4.79 Å². The third kappa shape index (κ3) is 4.55. The van der Waals surface area contributed by atoms with Crippen molar-refractivity contribution in [2.24, 2.45) is 0 Å². The lowest BCUT2D eigenvalue weighted by Gasteiger charge is -2.08. The summed E-state index contributed by atoms with van der Waals surface area (Å²) in [5, 5.41) is 8.32. The zero-order chi connectivity index (χ0) is 15.9. The summed E-state index contributed by atoms with van der Waals surface area (Å²) in [7, 11) is 0. The SMILES string of the molecule is O=C(COc1ccc(Nc2ccccc2)cc1)Nc1nccs1. The predicted octanol–water partition coefficient (Wildman–Crippen LogP) is 3.90. The van der Waals surface area contributed by atoms with Gasteiger partial charge in [-0.25, -0.2) is 4.98 Å². The Bertz CT molecular complexity index is 743. The number of thiazole rings is 1. The van der Waals surface area contributed by atoms with Crippen molar-refractivity contribution in [3.05, 3.63) is 66.2 Å². The molecule has 1 aromatic heterocycles. The molecule has 0 aliphatic carbocycles. The van der Waals surface area contributed by atoms with Gasteiger partial charge in [0.05, 0.1) is 0 Å². The van der Waals surface area contributed by atoms with Crippen molar-refractivity contribution in [3.63, 3.8) is 0 Å². The fourth-order valence-corrected chi connectivity index (χ4v) is 2.46. The predicted molar refractivity (Wildman–Crippen MR) is 92.4 cm³/mol. The Morgan fingerprint density at radius 2 is 1.78 bits per heavy atom. The van der Waals surface area contributed by atoms with E-state index in [9.17, 15) is 4.79 Å². The third-order valence-corrected chi connectivity index (χ3v) is 3.65. The Morgan fingerprint density at radius 3 is 2.48 bits per heavy atom. The molecule has 23 heavy (non-hydrogen) atoms. The summed E-state index contributed by atoms with van der Waals surface area (Å²) in [5.74, 6) is 0.407. The number of rotatable bonds is 6. The van der Waals surface area contributed by atoms with Crippen molar-refractivity contribution in [2.75, 3.05) is 17.2 Å². The van der Waals surface area contributed by atoms with Gasteiger partial charge in [0, 0.05) is 23.0 Å². The number of carbonyl (C=O) groups is 1. The number of ether oxygens (including phenoxy) is 1. The molecule has 0 bridgehead atoms. The van der Waals surface area contributed by atoms with E-state index in [0.717, 1.165) is 11.4 Å². The third-order valence-electron chi connectivity index (χ3n) is 2.97. The van der Waals surface area contributed by atoms with Crippen LogP contribution in [-0.4, -0.2) is 17.5 Å². The first-order valence-corrected chi connectivity index (χ1v) is 7.92. The van der Waals surface area contributed by atoms with Gasteiger partial charge in [0.25, 0.3) is 5.91 Å². The normalized spacial score (nSPS) is 10.1. The maximum atomic E-state index is 11.7. The fraction of sp³-hybridized carbons (Fsp3) is 0.0588. The minimum absolute atomic E-state index is 0.0506. The topological polar surface area (TPSA) is 63.2 Å². The second-order valence-corrected chi connectivity index (χ2v) is 5.58. The number of amides is 1. The van der Waals surface area contributed by atoms with Crippen molar-refractivity contribution >= 4 is 33.8 Å². The molecule has 3 aromatic rings. The lowest BCUT2D eigenvalue weighted by Crippen LogP contribution is -2.19. The Kier molecular flexibility index (Phi) is 4.85. The number of hydrogen-bond acceptors (Lipinski definition) is 5. The number of carbonyl (C=O) groups excluding carboxylic acids is 1. The summed E-state index contributed by atoms with van der Waals surface area (Å²) in [4.78, 5) is 15.7. The maximum Gasteiger partial charge on any atom is 0.264 e. The zero-order valence-corrected chi connectivity index (χ0v) is 13.0. The summed E-state index contributed by atoms with van der Waals surface area (Å²) in [5.41, 5.74) is 1.97. The van der Waals surface area contributed by atoms with Gasteiger partial charge in [0.2, 0.25) is 0 Å². The molecule has 1 amide bonds. The van der Waals surface area contributed by atoms with Gasteiger partial charge in [-0.05, 0) is 36.4 Å². The van der Waals surface area contributed by atoms with E-state index in [1.54, 1.807) is 11.6 Å². The molecule has 0 unspecified atom stereocenters. The first-order chi connectivity index (χ1) is 11.3. The molecule has 5 nitrogen and oxygen atoms in total. The second kappa shape index (κ2) is 7.42. The molecule has 0 saturated heterocycles. The lowest BCUT2D eigenvalue weighted by molar-refractivity contribution is -0.118. The van der Waals surface area contributed by atoms with Crippen LogP contribution >= 0.6 is 11.3 Å². The van der Waals surface area contributed by atoms with Crippen LogP contribution < -0.4 is 15.4 Å². The molecule has 1 heterocycles. The smallest absolute Gasteiger partial charge is 0.264 e. The standard InChI is InChI=1S/C17H15N3O2S/c21-16(20-17-18-10-11-23-17)12-22-15-8-6-14(7-9-15)19-13-4-2-1-3-5-13/h1-11,19H,12H2,(H,18,20,21). The summed E-state index contributed by atoms with van der Waals surface area (Å²) in [6, 6.07) is 17.4. The highest BCUT2D eigenvalue weighted by Gasteiger charge is 2.05. The molecule has 6 heteroatoms. The molecule has 0 saturated carbocycles. The van der Waals surface area contributed by atoms with Crippen molar-refractivity contribution in [1.82, 2.24) is 4.98 Å². The highest BCUT2D eigenvalue weighted by molar-refractivity contribution is 7.13. The van der Waals surface area contributed by atoms with Crippen LogP contribution in [0.25, 0.3) is 0 Å². The van der Waals surface area contributed by atoms with E-state index in [1.165, 1.54) is 11.3 Å². The van der Waals surface area contributed by atoms with E-state index in [-0.39, 0.29) is 12.5 Å². The molecule has 0 aliphatic rings. The number of anilines is 3. The average molecular weight is 325 g/mol. The molecule has 0 spiro atoms. The highest BCUT2D eigenvalue weighted by atomic mass is 32.1. The minimum atomic E-state index is -0.230. The molecule has 0 aliphatic heterocycles. The van der Waals surface area contributed by atoms with Crippen molar-refractivity contribution in [3.8, 4) is 5.75 Å². The van der Waals surface area contributed by atoms with Crippen LogP contribution in [0, 0.1) is 0 Å². The number of aromatic nitrogens is 1. The Hall–Kier alpha value is -2.86. The number of para-hydroxylation sites is 1. The number of benzene rings is 2. The summed E-state index contributed by atoms with van der Waals surface area (Å²) in [6.07, 6.45) is 1.64. The molecule has 116 valence electrons. The van der Waals surface area contributed by atoms with Gasteiger partial charge in [0.15, 0.2) is 11.7 Å². The minimum Gasteiger partial charge on any atom is -0.484 e. The molecule has 3 rings (SSSR count). The molecule has 0 fully saturated rings. The van der Waals surface area contributed by atoms with Crippen LogP contribution in [0.5, 0.6) is 5.75 Å².